The van der Waals surface area contributed by atoms with Gasteiger partial charge in [-0.25, -0.2) is 18.9 Å². The summed E-state index contributed by atoms with van der Waals surface area (Å²) in [5.41, 5.74) is 10.7. The molecule has 37 heavy (non-hydrogen) atoms. The first-order chi connectivity index (χ1) is 18.1. The van der Waals surface area contributed by atoms with Crippen molar-refractivity contribution in [3.63, 3.8) is 0 Å². The van der Waals surface area contributed by atoms with Crippen molar-refractivity contribution in [1.82, 2.24) is 34.8 Å². The fraction of sp³-hybridized carbons (Fsp3) is 0.269. The van der Waals surface area contributed by atoms with Crippen molar-refractivity contribution >= 4 is 34.6 Å². The first kappa shape index (κ1) is 23.0. The molecule has 0 bridgehead atoms. The van der Waals surface area contributed by atoms with E-state index in [2.05, 4.69) is 42.2 Å². The van der Waals surface area contributed by atoms with Crippen LogP contribution in [0.4, 0.5) is 21.8 Å². The molecule has 4 aromatic heterocycles. The highest BCUT2D eigenvalue weighted by molar-refractivity contribution is 6.06. The Kier molecular flexibility index (Phi) is 5.97. The zero-order valence-electron chi connectivity index (χ0n) is 20.2. The van der Waals surface area contributed by atoms with E-state index < -0.39 is 5.82 Å². The number of rotatable bonds is 6. The molecule has 1 aliphatic carbocycles. The van der Waals surface area contributed by atoms with Crippen LogP contribution in [0.5, 0.6) is 0 Å². The molecule has 1 saturated heterocycles. The topological polar surface area (TPSA) is 122 Å². The zero-order valence-corrected chi connectivity index (χ0v) is 20.2. The number of hydrogen-bond donors (Lipinski definition) is 3. The predicted molar refractivity (Wildman–Crippen MR) is 141 cm³/mol. The molecule has 11 heteroatoms. The highest BCUT2D eigenvalue weighted by atomic mass is 19.1. The maximum atomic E-state index is 14.0. The number of fused-ring (bicyclic) bond motifs is 1. The van der Waals surface area contributed by atoms with E-state index in [-0.39, 0.29) is 11.6 Å². The molecule has 5 heterocycles. The number of aliphatic imine (C=N–C) groups is 1. The number of nitrogens with two attached hydrogens (primary N) is 1. The molecule has 4 aromatic rings. The number of hydrogen-bond acceptors (Lipinski definition) is 8. The molecule has 0 radical (unpaired) electrons. The fourth-order valence-corrected chi connectivity index (χ4v) is 4.53. The van der Waals surface area contributed by atoms with Crippen LogP contribution in [0.15, 0.2) is 60.6 Å². The van der Waals surface area contributed by atoms with Crippen LogP contribution in [-0.4, -0.2) is 61.5 Å². The molecule has 1 aliphatic heterocycles. The van der Waals surface area contributed by atoms with Gasteiger partial charge in [-0.1, -0.05) is 6.58 Å². The smallest absolute Gasteiger partial charge is 0.248 e. The third-order valence-corrected chi connectivity index (χ3v) is 6.55. The summed E-state index contributed by atoms with van der Waals surface area (Å²) in [6.45, 7) is 7.64. The molecule has 188 valence electrons. The highest BCUT2D eigenvalue weighted by Gasteiger charge is 2.31. The summed E-state index contributed by atoms with van der Waals surface area (Å²) in [7, 11) is 0. The molecule has 2 aliphatic rings. The molecule has 2 fully saturated rings. The lowest BCUT2D eigenvalue weighted by Crippen LogP contribution is -2.47. The van der Waals surface area contributed by atoms with Crippen LogP contribution in [0, 0.1) is 5.82 Å². The van der Waals surface area contributed by atoms with E-state index >= 15 is 0 Å². The second-order valence-corrected chi connectivity index (χ2v) is 9.20. The predicted octanol–water partition coefficient (Wildman–Crippen LogP) is 3.18. The average molecular weight is 499 g/mol. The maximum Gasteiger partial charge on any atom is 0.248 e. The Morgan fingerprint density at radius 1 is 1.22 bits per heavy atom. The molecule has 0 aromatic carbocycles. The summed E-state index contributed by atoms with van der Waals surface area (Å²) in [5, 5.41) is 10.7. The molecule has 0 amide bonds. The maximum absolute atomic E-state index is 14.0. The van der Waals surface area contributed by atoms with Crippen LogP contribution in [0.2, 0.25) is 0 Å². The van der Waals surface area contributed by atoms with E-state index in [9.17, 15) is 4.39 Å². The van der Waals surface area contributed by atoms with Crippen molar-refractivity contribution < 1.29 is 4.39 Å². The van der Waals surface area contributed by atoms with Gasteiger partial charge < -0.3 is 21.3 Å². The molecule has 1 saturated carbocycles. The lowest BCUT2D eigenvalue weighted by molar-refractivity contribution is 0.358. The Morgan fingerprint density at radius 2 is 2.05 bits per heavy atom. The lowest BCUT2D eigenvalue weighted by Gasteiger charge is -2.32. The van der Waals surface area contributed by atoms with E-state index in [1.54, 1.807) is 24.7 Å². The van der Waals surface area contributed by atoms with Gasteiger partial charge in [0.15, 0.2) is 11.5 Å². The Labute approximate surface area is 213 Å². The van der Waals surface area contributed by atoms with Crippen molar-refractivity contribution in [2.45, 2.75) is 18.8 Å². The van der Waals surface area contributed by atoms with Crippen LogP contribution in [0.25, 0.3) is 11.3 Å². The van der Waals surface area contributed by atoms with Gasteiger partial charge in [0.25, 0.3) is 0 Å². The number of nitrogens with zero attached hydrogens (tertiary/aromatic N) is 7. The van der Waals surface area contributed by atoms with Gasteiger partial charge in [0.1, 0.15) is 11.7 Å². The SMILES string of the molecule is C=C(N=C(c1c(N)cncc1C1CC1)N1CCNCC1)c1ccnc(Nc2nc3c(F)cccn3n2)c1. The summed E-state index contributed by atoms with van der Waals surface area (Å²) >= 11 is 0. The number of nitrogen functional groups attached to an aromatic ring is 1. The monoisotopic (exact) mass is 498 g/mol. The zero-order chi connectivity index (χ0) is 25.4. The summed E-state index contributed by atoms with van der Waals surface area (Å²) in [4.78, 5) is 20.2. The average Bonchev–Trinajstić information content (AvgIpc) is 3.68. The van der Waals surface area contributed by atoms with Gasteiger partial charge in [-0.05, 0) is 48.6 Å². The second-order valence-electron chi connectivity index (χ2n) is 9.20. The van der Waals surface area contributed by atoms with Crippen molar-refractivity contribution in [1.29, 1.82) is 0 Å². The van der Waals surface area contributed by atoms with E-state index in [1.807, 2.05) is 18.3 Å². The van der Waals surface area contributed by atoms with Gasteiger partial charge >= 0.3 is 0 Å². The largest absolute Gasteiger partial charge is 0.397 e. The third-order valence-electron chi connectivity index (χ3n) is 6.55. The molecule has 0 unspecified atom stereocenters. The van der Waals surface area contributed by atoms with E-state index in [0.29, 0.717) is 23.1 Å². The fourth-order valence-electron chi connectivity index (χ4n) is 4.53. The first-order valence-corrected chi connectivity index (χ1v) is 12.3. The van der Waals surface area contributed by atoms with Gasteiger partial charge in [0.05, 0.1) is 17.6 Å². The van der Waals surface area contributed by atoms with E-state index in [4.69, 9.17) is 10.7 Å². The number of anilines is 3. The standard InChI is InChI=1S/C26H27FN10/c1-16(18-6-7-31-22(13-18)33-26-34-24-20(27)3-2-10-37(24)35-26)32-25(36-11-8-29-9-12-36)23-19(17-4-5-17)14-30-15-21(23)28/h2-3,6-7,10,13-15,17,29H,1,4-5,8-9,11-12,28H2,(H,31,33,35). The summed E-state index contributed by atoms with van der Waals surface area (Å²) in [6.07, 6.45) is 9.18. The Bertz CT molecular complexity index is 1500. The van der Waals surface area contributed by atoms with Gasteiger partial charge in [0.2, 0.25) is 5.95 Å². The second kappa shape index (κ2) is 9.58. The number of aromatic nitrogens is 5. The minimum Gasteiger partial charge on any atom is -0.397 e. The highest BCUT2D eigenvalue weighted by Crippen LogP contribution is 2.43. The van der Waals surface area contributed by atoms with Crippen molar-refractivity contribution in [3.8, 4) is 0 Å². The number of pyridine rings is 3. The minimum atomic E-state index is -0.450. The Balaban J connectivity index is 1.33. The third kappa shape index (κ3) is 4.73. The van der Waals surface area contributed by atoms with Crippen molar-refractivity contribution in [3.05, 3.63) is 78.1 Å². The molecule has 4 N–H and O–H groups in total. The summed E-state index contributed by atoms with van der Waals surface area (Å²) in [6, 6.07) is 6.58. The van der Waals surface area contributed by atoms with Crippen LogP contribution in [-0.2, 0) is 0 Å². The molecular formula is C26H27FN10. The summed E-state index contributed by atoms with van der Waals surface area (Å²) in [5.74, 6) is 1.57. The van der Waals surface area contributed by atoms with Crippen molar-refractivity contribution in [2.75, 3.05) is 37.2 Å². The Morgan fingerprint density at radius 3 is 2.84 bits per heavy atom. The first-order valence-electron chi connectivity index (χ1n) is 12.3. The molecule has 0 atom stereocenters. The van der Waals surface area contributed by atoms with Gasteiger partial charge in [-0.3, -0.25) is 4.98 Å². The molecular weight excluding hydrogens is 471 g/mol. The number of halogens is 1. The van der Waals surface area contributed by atoms with Crippen LogP contribution < -0.4 is 16.4 Å². The molecule has 10 nitrogen and oxygen atoms in total. The van der Waals surface area contributed by atoms with Crippen molar-refractivity contribution in [2.24, 2.45) is 4.99 Å². The molecule has 6 rings (SSSR count). The van der Waals surface area contributed by atoms with Gasteiger partial charge in [-0.2, -0.15) is 4.98 Å². The molecule has 0 spiro atoms. The normalized spacial score (nSPS) is 16.2. The number of amidine groups is 1. The van der Waals surface area contributed by atoms with Crippen LogP contribution in [0.1, 0.15) is 35.4 Å². The lowest BCUT2D eigenvalue weighted by atomic mass is 10.0. The Hall–Kier alpha value is -4.38. The summed E-state index contributed by atoms with van der Waals surface area (Å²) < 4.78 is 15.4. The van der Waals surface area contributed by atoms with E-state index in [0.717, 1.165) is 61.5 Å². The number of nitrogens with one attached hydrogen (secondary N) is 2. The quantitative estimate of drug-likeness (QED) is 0.274. The van der Waals surface area contributed by atoms with Gasteiger partial charge in [-0.15, -0.1) is 5.10 Å². The van der Waals surface area contributed by atoms with Gasteiger partial charge in [0, 0.05) is 55.9 Å². The number of piperazine rings is 1. The van der Waals surface area contributed by atoms with Crippen LogP contribution in [0.3, 0.4) is 0 Å². The minimum absolute atomic E-state index is 0.136. The van der Waals surface area contributed by atoms with E-state index in [1.165, 1.54) is 10.6 Å². The van der Waals surface area contributed by atoms with Crippen LogP contribution >= 0.6 is 0 Å².